The zero-order chi connectivity index (χ0) is 42.7. The maximum absolute atomic E-state index is 11.9. The van der Waals surface area contributed by atoms with E-state index in [0.717, 1.165) is 99.0 Å². The minimum absolute atomic E-state index is 0.152. The molecule has 1 heterocycles. The van der Waals surface area contributed by atoms with Gasteiger partial charge in [-0.25, -0.2) is 4.57 Å². The highest BCUT2D eigenvalue weighted by molar-refractivity contribution is 5.87. The number of aromatic nitrogens is 2. The molecule has 3 heteroatoms. The number of rotatable bonds is 8. The van der Waals surface area contributed by atoms with E-state index in [9.17, 15) is 6.48 Å². The number of benzene rings is 6. The Morgan fingerprint density at radius 2 is 1.34 bits per heavy atom. The minimum atomic E-state index is -2.32. The Hall–Kier alpha value is -5.41. The van der Waals surface area contributed by atoms with Crippen LogP contribution in [0.25, 0.3) is 61.5 Å². The molecule has 0 radical (unpaired) electrons. The molecule has 1 aliphatic rings. The molecule has 1 saturated carbocycles. The van der Waals surface area contributed by atoms with Gasteiger partial charge in [0.2, 0.25) is 0 Å². The number of hydrogen-bond donors (Lipinski definition) is 1. The molecule has 0 saturated heterocycles. The van der Waals surface area contributed by atoms with Crippen molar-refractivity contribution in [2.75, 3.05) is 0 Å². The summed E-state index contributed by atoms with van der Waals surface area (Å²) >= 11 is 0. The molecule has 284 valence electrons. The number of aromatic hydroxyl groups is 1. The fraction of sp³-hybridized carbons (Fsp3) is 0.302. The van der Waals surface area contributed by atoms with Gasteiger partial charge in [-0.1, -0.05) is 138 Å². The molecule has 0 bridgehead atoms. The molecule has 0 unspecified atom stereocenters. The zero-order valence-corrected chi connectivity index (χ0v) is 34.0. The van der Waals surface area contributed by atoms with E-state index in [2.05, 4.69) is 112 Å². The summed E-state index contributed by atoms with van der Waals surface area (Å²) in [4.78, 5) is 0. The van der Waals surface area contributed by atoms with Gasteiger partial charge >= 0.3 is 0 Å². The second-order valence-corrected chi connectivity index (χ2v) is 16.5. The van der Waals surface area contributed by atoms with Crippen molar-refractivity contribution in [3.05, 3.63) is 149 Å². The quantitative estimate of drug-likeness (QED) is 0.154. The lowest BCUT2D eigenvalue weighted by Gasteiger charge is -2.22. The number of nitrogens with zero attached hydrogens (tertiary/aromatic N) is 2. The maximum Gasteiger partial charge on any atom is 0.295 e. The van der Waals surface area contributed by atoms with Gasteiger partial charge in [-0.05, 0) is 126 Å². The van der Waals surface area contributed by atoms with Crippen molar-refractivity contribution < 1.29 is 15.2 Å². The lowest BCUT2D eigenvalue weighted by molar-refractivity contribution is -0.633. The van der Waals surface area contributed by atoms with Gasteiger partial charge in [-0.3, -0.25) is 0 Å². The summed E-state index contributed by atoms with van der Waals surface area (Å²) in [7, 11) is 2.15. The van der Waals surface area contributed by atoms with E-state index < -0.39 is 12.7 Å². The van der Waals surface area contributed by atoms with Crippen LogP contribution in [0.4, 0.5) is 0 Å². The first-order valence-corrected chi connectivity index (χ1v) is 20.4. The number of hydrogen-bond acceptors (Lipinski definition) is 1. The van der Waals surface area contributed by atoms with Crippen molar-refractivity contribution in [3.63, 3.8) is 0 Å². The van der Waals surface area contributed by atoms with E-state index in [1.54, 1.807) is 12.1 Å². The van der Waals surface area contributed by atoms with Crippen LogP contribution in [-0.2, 0) is 7.05 Å². The first kappa shape index (κ1) is 32.8. The molecule has 8 rings (SSSR count). The summed E-state index contributed by atoms with van der Waals surface area (Å²) < 4.78 is 39.3. The summed E-state index contributed by atoms with van der Waals surface area (Å²) in [6.45, 7) is 11.1. The highest BCUT2D eigenvalue weighted by Gasteiger charge is 2.33. The van der Waals surface area contributed by atoms with Crippen molar-refractivity contribution in [1.82, 2.24) is 4.57 Å². The SMILES string of the molecule is [2H]C([2H])([2H])c1ccc(-c2ccc(-c3ccc(C)c(-c4n(-c5c(C(C)C)cccc5C(C)C)c5ccccc5[n+]4C)c3C)c(O)c2)cc1-c1cccc(C2([2H])CCCCC2)c1. The van der Waals surface area contributed by atoms with Crippen molar-refractivity contribution in [2.24, 2.45) is 7.05 Å². The van der Waals surface area contributed by atoms with Gasteiger partial charge in [0, 0.05) is 22.2 Å². The van der Waals surface area contributed by atoms with Crippen LogP contribution in [0.5, 0.6) is 5.75 Å². The number of phenols is 1. The average molecular weight is 742 g/mol. The Morgan fingerprint density at radius 3 is 2.05 bits per heavy atom. The molecule has 3 nitrogen and oxygen atoms in total. The van der Waals surface area contributed by atoms with Gasteiger partial charge in [0.1, 0.15) is 11.4 Å². The molecule has 0 spiro atoms. The van der Waals surface area contributed by atoms with Crippen molar-refractivity contribution >= 4 is 11.0 Å². The molecule has 1 N–H and O–H groups in total. The van der Waals surface area contributed by atoms with Crippen molar-refractivity contribution in [3.8, 4) is 56.2 Å². The van der Waals surface area contributed by atoms with Crippen LogP contribution in [0.15, 0.2) is 115 Å². The smallest absolute Gasteiger partial charge is 0.295 e. The maximum atomic E-state index is 11.9. The van der Waals surface area contributed by atoms with E-state index in [-0.39, 0.29) is 11.3 Å². The Morgan fingerprint density at radius 1 is 0.679 bits per heavy atom. The molecule has 6 aromatic carbocycles. The van der Waals surface area contributed by atoms with Crippen LogP contribution in [0.3, 0.4) is 0 Å². The van der Waals surface area contributed by atoms with Gasteiger partial charge in [-0.15, -0.1) is 0 Å². The van der Waals surface area contributed by atoms with Crippen LogP contribution in [0.1, 0.15) is 116 Å². The third-order valence-corrected chi connectivity index (χ3v) is 12.2. The molecule has 1 aliphatic carbocycles. The molecule has 0 aliphatic heterocycles. The van der Waals surface area contributed by atoms with Crippen LogP contribution >= 0.6 is 0 Å². The monoisotopic (exact) mass is 741 g/mol. The number of aryl methyl sites for hydroxylation is 3. The summed E-state index contributed by atoms with van der Waals surface area (Å²) in [6.07, 6.45) is 4.83. The second kappa shape index (κ2) is 15.3. The first-order valence-electron chi connectivity index (χ1n) is 22.4. The number of para-hydroxylation sites is 3. The Balaban J connectivity index is 1.25. The predicted octanol–water partition coefficient (Wildman–Crippen LogP) is 14.0. The van der Waals surface area contributed by atoms with Crippen LogP contribution < -0.4 is 4.57 Å². The normalized spacial score (nSPS) is 15.5. The van der Waals surface area contributed by atoms with Gasteiger partial charge in [-0.2, -0.15) is 4.57 Å². The highest BCUT2D eigenvalue weighted by Crippen LogP contribution is 2.43. The number of fused-ring (bicyclic) bond motifs is 1. The second-order valence-electron chi connectivity index (χ2n) is 16.5. The third-order valence-electron chi connectivity index (χ3n) is 12.2. The fourth-order valence-electron chi connectivity index (χ4n) is 9.15. The largest absolute Gasteiger partial charge is 0.507 e. The van der Waals surface area contributed by atoms with E-state index >= 15 is 0 Å². The highest BCUT2D eigenvalue weighted by atomic mass is 16.3. The van der Waals surface area contributed by atoms with Crippen molar-refractivity contribution in [2.45, 2.75) is 98.2 Å². The van der Waals surface area contributed by atoms with Gasteiger partial charge < -0.3 is 5.11 Å². The number of imidazole rings is 1. The lowest BCUT2D eigenvalue weighted by atomic mass is 9.83. The summed E-state index contributed by atoms with van der Waals surface area (Å²) in [5, 5.41) is 11.9. The topological polar surface area (TPSA) is 29.0 Å². The molecule has 1 aromatic heterocycles. The third kappa shape index (κ3) is 6.66. The molecule has 0 atom stereocenters. The Labute approximate surface area is 339 Å². The van der Waals surface area contributed by atoms with E-state index in [1.165, 1.54) is 16.8 Å². The van der Waals surface area contributed by atoms with E-state index in [4.69, 9.17) is 4.11 Å². The Bertz CT molecular complexity index is 2720. The van der Waals surface area contributed by atoms with E-state index in [0.29, 0.717) is 17.4 Å². The summed E-state index contributed by atoms with van der Waals surface area (Å²) in [5.74, 6) is 1.20. The molecular formula is C53H57N2O+. The lowest BCUT2D eigenvalue weighted by Crippen LogP contribution is -2.31. The van der Waals surface area contributed by atoms with Crippen molar-refractivity contribution in [1.29, 1.82) is 0 Å². The zero-order valence-electron chi connectivity index (χ0n) is 38.0. The van der Waals surface area contributed by atoms with Gasteiger partial charge in [0.15, 0.2) is 11.0 Å². The standard InChI is InChI=1S/C53H56N2O/c1-33(2)43-20-15-21-44(34(3)4)52(43)55-49-23-13-12-22-48(49)54(8)53(55)51-36(6)25-28-45(37(51)7)46-29-27-41(32-50(46)56)40-26-24-35(5)47(31-40)42-19-14-18-39(30-42)38-16-10-9-11-17-38/h12-15,18-34,38H,9-11,16-17H2,1-8H3/p+1/i5D3,38D. The molecule has 1 fully saturated rings. The summed E-state index contributed by atoms with van der Waals surface area (Å²) in [6, 6.07) is 38.8. The van der Waals surface area contributed by atoms with Gasteiger partial charge in [0.05, 0.1) is 12.6 Å². The fourth-order valence-corrected chi connectivity index (χ4v) is 9.15. The molecule has 56 heavy (non-hydrogen) atoms. The van der Waals surface area contributed by atoms with Crippen LogP contribution in [0, 0.1) is 20.7 Å². The summed E-state index contributed by atoms with van der Waals surface area (Å²) in [5.41, 5.74) is 15.4. The first-order chi connectivity index (χ1) is 28.6. The minimum Gasteiger partial charge on any atom is -0.507 e. The molecule has 0 amide bonds. The van der Waals surface area contributed by atoms with Crippen LogP contribution in [0.2, 0.25) is 0 Å². The Kier molecular flexibility index (Phi) is 8.94. The van der Waals surface area contributed by atoms with E-state index in [1.807, 2.05) is 48.5 Å². The average Bonchev–Trinajstić information content (AvgIpc) is 3.51. The van der Waals surface area contributed by atoms with Gasteiger partial charge in [0.25, 0.3) is 5.82 Å². The molecular weight excluding hydrogens is 681 g/mol. The molecule has 7 aromatic rings. The predicted molar refractivity (Wildman–Crippen MR) is 236 cm³/mol. The number of phenolic OH excluding ortho intramolecular Hbond substituents is 1. The van der Waals surface area contributed by atoms with Crippen LogP contribution in [-0.4, -0.2) is 9.67 Å².